The van der Waals surface area contributed by atoms with E-state index in [0.717, 1.165) is 19.1 Å². The average molecular weight is 260 g/mol. The molecule has 2 heterocycles. The van der Waals surface area contributed by atoms with Crippen LogP contribution >= 0.6 is 0 Å². The van der Waals surface area contributed by atoms with Crippen molar-refractivity contribution in [2.24, 2.45) is 11.8 Å². The minimum atomic E-state index is 0.464. The van der Waals surface area contributed by atoms with E-state index >= 15 is 0 Å². The molecule has 0 N–H and O–H groups in total. The van der Waals surface area contributed by atoms with Gasteiger partial charge in [0.15, 0.2) is 0 Å². The Bertz CT molecular complexity index is 406. The van der Waals surface area contributed by atoms with E-state index in [-0.39, 0.29) is 0 Å². The van der Waals surface area contributed by atoms with Gasteiger partial charge >= 0.3 is 0 Å². The van der Waals surface area contributed by atoms with Gasteiger partial charge in [-0.1, -0.05) is 19.9 Å². The largest absolute Gasteiger partial charge is 0.376 e. The predicted molar refractivity (Wildman–Crippen MR) is 75.7 cm³/mol. The highest BCUT2D eigenvalue weighted by atomic mass is 16.5. The lowest BCUT2D eigenvalue weighted by atomic mass is 10.1. The Labute approximate surface area is 116 Å². The van der Waals surface area contributed by atoms with Crippen LogP contribution in [0.2, 0.25) is 0 Å². The highest BCUT2D eigenvalue weighted by Crippen LogP contribution is 2.40. The maximum absolute atomic E-state index is 6.16. The second-order valence-corrected chi connectivity index (χ2v) is 6.35. The number of nitrogens with zero attached hydrogens (tertiary/aromatic N) is 2. The van der Waals surface area contributed by atoms with Crippen LogP contribution in [0.1, 0.15) is 32.4 Å². The van der Waals surface area contributed by atoms with Gasteiger partial charge in [-0.05, 0) is 36.8 Å². The van der Waals surface area contributed by atoms with Crippen LogP contribution in [-0.4, -0.2) is 35.2 Å². The lowest BCUT2D eigenvalue weighted by Gasteiger charge is -2.26. The molecular weight excluding hydrogens is 236 g/mol. The number of ether oxygens (including phenoxy) is 1. The van der Waals surface area contributed by atoms with Gasteiger partial charge in [-0.15, -0.1) is 0 Å². The normalized spacial score (nSPS) is 30.4. The van der Waals surface area contributed by atoms with Gasteiger partial charge in [0.25, 0.3) is 0 Å². The van der Waals surface area contributed by atoms with Gasteiger partial charge in [0.2, 0.25) is 0 Å². The lowest BCUT2D eigenvalue weighted by molar-refractivity contribution is 0.0122. The van der Waals surface area contributed by atoms with Crippen molar-refractivity contribution in [1.29, 1.82) is 0 Å². The monoisotopic (exact) mass is 260 g/mol. The van der Waals surface area contributed by atoms with Crippen LogP contribution in [0.4, 0.5) is 0 Å². The SMILES string of the molecule is CC(C)CO[C@H]1[C@H]2CC[C@H]1N(Cc1ccccn1)C2. The Balaban J connectivity index is 1.61. The minimum Gasteiger partial charge on any atom is -0.376 e. The van der Waals surface area contributed by atoms with E-state index in [9.17, 15) is 0 Å². The van der Waals surface area contributed by atoms with Gasteiger partial charge in [0.05, 0.1) is 11.8 Å². The van der Waals surface area contributed by atoms with Crippen molar-refractivity contribution in [2.75, 3.05) is 13.2 Å². The number of fused-ring (bicyclic) bond motifs is 2. The second kappa shape index (κ2) is 5.59. The molecule has 19 heavy (non-hydrogen) atoms. The van der Waals surface area contributed by atoms with Crippen LogP contribution in [0, 0.1) is 11.8 Å². The van der Waals surface area contributed by atoms with E-state index < -0.39 is 0 Å². The first kappa shape index (κ1) is 13.1. The zero-order valence-corrected chi connectivity index (χ0v) is 12.0. The first-order chi connectivity index (χ1) is 9.24. The van der Waals surface area contributed by atoms with E-state index in [4.69, 9.17) is 4.74 Å². The highest BCUT2D eigenvalue weighted by molar-refractivity contribution is 5.07. The molecule has 1 aromatic heterocycles. The molecule has 0 unspecified atom stereocenters. The number of rotatable bonds is 5. The van der Waals surface area contributed by atoms with E-state index in [1.807, 2.05) is 12.3 Å². The van der Waals surface area contributed by atoms with Gasteiger partial charge in [0.1, 0.15) is 0 Å². The predicted octanol–water partition coefficient (Wildman–Crippen LogP) is 2.72. The van der Waals surface area contributed by atoms with Crippen molar-refractivity contribution in [3.8, 4) is 0 Å². The topological polar surface area (TPSA) is 25.4 Å². The van der Waals surface area contributed by atoms with Gasteiger partial charge in [-0.3, -0.25) is 9.88 Å². The fraction of sp³-hybridized carbons (Fsp3) is 0.688. The smallest absolute Gasteiger partial charge is 0.0770 e. The first-order valence-electron chi connectivity index (χ1n) is 7.49. The lowest BCUT2D eigenvalue weighted by Crippen LogP contribution is -2.35. The van der Waals surface area contributed by atoms with Gasteiger partial charge in [-0.25, -0.2) is 0 Å². The molecule has 1 aliphatic carbocycles. The fourth-order valence-corrected chi connectivity index (χ4v) is 3.48. The minimum absolute atomic E-state index is 0.464. The van der Waals surface area contributed by atoms with Gasteiger partial charge in [-0.2, -0.15) is 0 Å². The van der Waals surface area contributed by atoms with E-state index in [0.29, 0.717) is 18.1 Å². The molecule has 2 aliphatic rings. The molecule has 3 rings (SSSR count). The summed E-state index contributed by atoms with van der Waals surface area (Å²) in [4.78, 5) is 7.01. The molecule has 2 fully saturated rings. The summed E-state index contributed by atoms with van der Waals surface area (Å²) < 4.78 is 6.16. The fourth-order valence-electron chi connectivity index (χ4n) is 3.48. The maximum Gasteiger partial charge on any atom is 0.0770 e. The standard InChI is InChI=1S/C16H24N2O/c1-12(2)11-19-16-13-6-7-15(16)18(9-13)10-14-5-3-4-8-17-14/h3-5,8,12-13,15-16H,6-7,9-11H2,1-2H3/t13-,15+,16-/m0/s1. The van der Waals surface area contributed by atoms with Crippen molar-refractivity contribution in [1.82, 2.24) is 9.88 Å². The highest BCUT2D eigenvalue weighted by Gasteiger charge is 2.47. The van der Waals surface area contributed by atoms with E-state index in [2.05, 4.69) is 35.9 Å². The Morgan fingerprint density at radius 2 is 2.26 bits per heavy atom. The van der Waals surface area contributed by atoms with Crippen molar-refractivity contribution in [2.45, 2.75) is 45.4 Å². The Kier molecular flexibility index (Phi) is 3.85. The summed E-state index contributed by atoms with van der Waals surface area (Å²) in [6.45, 7) is 7.51. The molecule has 1 saturated heterocycles. The Hall–Kier alpha value is -0.930. The molecule has 104 valence electrons. The summed E-state index contributed by atoms with van der Waals surface area (Å²) in [5.41, 5.74) is 1.18. The number of hydrogen-bond donors (Lipinski definition) is 0. The Morgan fingerprint density at radius 3 is 3.00 bits per heavy atom. The number of pyridine rings is 1. The van der Waals surface area contributed by atoms with Crippen LogP contribution in [0.3, 0.4) is 0 Å². The summed E-state index contributed by atoms with van der Waals surface area (Å²) in [6.07, 6.45) is 4.98. The van der Waals surface area contributed by atoms with Crippen molar-refractivity contribution in [3.63, 3.8) is 0 Å². The Morgan fingerprint density at radius 1 is 1.37 bits per heavy atom. The molecule has 2 bridgehead atoms. The maximum atomic E-state index is 6.16. The number of aromatic nitrogens is 1. The molecule has 1 aliphatic heterocycles. The van der Waals surface area contributed by atoms with Gasteiger partial charge in [0, 0.05) is 31.9 Å². The quantitative estimate of drug-likeness (QED) is 0.814. The van der Waals surface area contributed by atoms with E-state index in [1.165, 1.54) is 25.1 Å². The summed E-state index contributed by atoms with van der Waals surface area (Å²) in [7, 11) is 0. The average Bonchev–Trinajstić information content (AvgIpc) is 2.94. The second-order valence-electron chi connectivity index (χ2n) is 6.35. The summed E-state index contributed by atoms with van der Waals surface area (Å²) in [6, 6.07) is 6.79. The van der Waals surface area contributed by atoms with Crippen LogP contribution in [-0.2, 0) is 11.3 Å². The zero-order chi connectivity index (χ0) is 13.2. The summed E-state index contributed by atoms with van der Waals surface area (Å²) in [5, 5.41) is 0. The molecule has 1 saturated carbocycles. The molecule has 3 heteroatoms. The van der Waals surface area contributed by atoms with Crippen molar-refractivity contribution < 1.29 is 4.74 Å². The molecule has 0 amide bonds. The van der Waals surface area contributed by atoms with Gasteiger partial charge < -0.3 is 4.74 Å². The zero-order valence-electron chi connectivity index (χ0n) is 12.0. The molecular formula is C16H24N2O. The molecule has 3 atom stereocenters. The number of piperidine rings is 1. The van der Waals surface area contributed by atoms with Crippen LogP contribution in [0.25, 0.3) is 0 Å². The van der Waals surface area contributed by atoms with Crippen LogP contribution < -0.4 is 0 Å². The third-order valence-corrected chi connectivity index (χ3v) is 4.33. The molecule has 1 aromatic rings. The number of likely N-dealkylation sites (tertiary alicyclic amines) is 1. The molecule has 0 aromatic carbocycles. The summed E-state index contributed by atoms with van der Waals surface area (Å²) in [5.74, 6) is 1.37. The first-order valence-corrected chi connectivity index (χ1v) is 7.49. The van der Waals surface area contributed by atoms with E-state index in [1.54, 1.807) is 0 Å². The molecule has 3 nitrogen and oxygen atoms in total. The molecule has 0 radical (unpaired) electrons. The molecule has 0 spiro atoms. The summed E-state index contributed by atoms with van der Waals surface area (Å²) >= 11 is 0. The van der Waals surface area contributed by atoms with Crippen LogP contribution in [0.5, 0.6) is 0 Å². The van der Waals surface area contributed by atoms with Crippen LogP contribution in [0.15, 0.2) is 24.4 Å². The van der Waals surface area contributed by atoms with Crippen molar-refractivity contribution in [3.05, 3.63) is 30.1 Å². The third-order valence-electron chi connectivity index (χ3n) is 4.33. The third kappa shape index (κ3) is 2.82. The van der Waals surface area contributed by atoms with Crippen molar-refractivity contribution >= 4 is 0 Å². The number of hydrogen-bond acceptors (Lipinski definition) is 3.